The van der Waals surface area contributed by atoms with Gasteiger partial charge in [-0.05, 0) is 83.0 Å². The number of carbonyl (C=O) groups is 6. The van der Waals surface area contributed by atoms with E-state index in [0.29, 0.717) is 50.9 Å². The molecule has 3 aliphatic heterocycles. The third-order valence-electron chi connectivity index (χ3n) is 8.78. The highest BCUT2D eigenvalue weighted by atomic mass is 32.2. The average Bonchev–Trinajstić information content (AvgIpc) is 3.68. The van der Waals surface area contributed by atoms with Crippen LogP contribution in [-0.2, 0) is 33.4 Å². The number of nitrogens with zero attached hydrogens (tertiary/aromatic N) is 2. The van der Waals surface area contributed by atoms with Crippen molar-refractivity contribution in [2.75, 3.05) is 38.6 Å². The standard InChI is InChI=1S/C36H43N5O9S/c1-6-13-37-33(45)31-20(2)27(38-21(31)3)18-25-24-17-23(10-11-26(24)39-32(25)44)50-29(42)12-16-48-36(47)22(4)49-30(43)19-28-40(5)34(46)35(51-28)41-14-8-7-9-15-41/h10-11,17-19,22,35,38H,6-9,12-16H2,1-5H3,(H,37,45)(H,39,44)/b25-18-,28-19-. The van der Waals surface area contributed by atoms with Gasteiger partial charge in [0.15, 0.2) is 6.10 Å². The lowest BCUT2D eigenvalue weighted by Gasteiger charge is -2.29. The lowest BCUT2D eigenvalue weighted by Crippen LogP contribution is -2.42. The first-order valence-electron chi connectivity index (χ1n) is 17.0. The van der Waals surface area contributed by atoms with Crippen molar-refractivity contribution in [3.8, 4) is 5.75 Å². The molecule has 3 aliphatic rings. The van der Waals surface area contributed by atoms with Crippen molar-refractivity contribution in [1.29, 1.82) is 0 Å². The first kappa shape index (κ1) is 37.4. The normalized spacial score (nSPS) is 19.5. The molecule has 3 amide bonds. The smallest absolute Gasteiger partial charge is 0.347 e. The van der Waals surface area contributed by atoms with E-state index in [0.717, 1.165) is 38.8 Å². The summed E-state index contributed by atoms with van der Waals surface area (Å²) in [6, 6.07) is 4.70. The number of H-pyrrole nitrogens is 1. The Morgan fingerprint density at radius 1 is 1.12 bits per heavy atom. The van der Waals surface area contributed by atoms with Gasteiger partial charge in [0, 0.05) is 36.2 Å². The maximum Gasteiger partial charge on any atom is 0.347 e. The molecule has 5 rings (SSSR count). The Balaban J connectivity index is 1.12. The van der Waals surface area contributed by atoms with E-state index in [1.54, 1.807) is 39.1 Å². The van der Waals surface area contributed by atoms with Crippen molar-refractivity contribution in [3.05, 3.63) is 57.4 Å². The van der Waals surface area contributed by atoms with Crippen LogP contribution in [0.15, 0.2) is 29.3 Å². The van der Waals surface area contributed by atoms with Crippen LogP contribution in [0, 0.1) is 13.8 Å². The predicted molar refractivity (Wildman–Crippen MR) is 190 cm³/mol. The minimum atomic E-state index is -1.25. The van der Waals surface area contributed by atoms with Crippen molar-refractivity contribution in [2.45, 2.75) is 71.3 Å². The number of benzene rings is 1. The SMILES string of the molecule is CCCNC(=O)c1c(C)[nH]c(/C=C2\C(=O)Nc3ccc(OC(=O)CCOC(=O)C(C)OC(=O)/C=C4\SC(N5CCCCC5)C(=O)N4C)cc32)c1C. The number of likely N-dealkylation sites (tertiary alicyclic amines) is 1. The number of hydrogen-bond donors (Lipinski definition) is 3. The zero-order valence-corrected chi connectivity index (χ0v) is 30.2. The van der Waals surface area contributed by atoms with Crippen molar-refractivity contribution < 1.29 is 43.0 Å². The number of aryl methyl sites for hydroxylation is 1. The molecule has 1 aromatic heterocycles. The largest absolute Gasteiger partial charge is 0.462 e. The number of amides is 3. The van der Waals surface area contributed by atoms with Crippen LogP contribution in [0.3, 0.4) is 0 Å². The summed E-state index contributed by atoms with van der Waals surface area (Å²) in [6.07, 6.45) is 5.31. The summed E-state index contributed by atoms with van der Waals surface area (Å²) in [4.78, 5) is 82.7. The molecular weight excluding hydrogens is 678 g/mol. The topological polar surface area (TPSA) is 176 Å². The van der Waals surface area contributed by atoms with E-state index in [9.17, 15) is 28.8 Å². The first-order chi connectivity index (χ1) is 24.4. The number of carbonyl (C=O) groups excluding carboxylic acids is 6. The second kappa shape index (κ2) is 16.4. The number of nitrogens with one attached hydrogen (secondary N) is 3. The fourth-order valence-electron chi connectivity index (χ4n) is 6.03. The van der Waals surface area contributed by atoms with E-state index in [1.807, 2.05) is 6.92 Å². The van der Waals surface area contributed by atoms with Crippen LogP contribution >= 0.6 is 11.8 Å². The van der Waals surface area contributed by atoms with Gasteiger partial charge in [-0.3, -0.25) is 24.1 Å². The highest BCUT2D eigenvalue weighted by molar-refractivity contribution is 8.04. The summed E-state index contributed by atoms with van der Waals surface area (Å²) in [5, 5.41) is 5.72. The quantitative estimate of drug-likeness (QED) is 0.165. The summed E-state index contributed by atoms with van der Waals surface area (Å²) in [5.74, 6) is -2.79. The van der Waals surface area contributed by atoms with Gasteiger partial charge in [-0.25, -0.2) is 9.59 Å². The van der Waals surface area contributed by atoms with Crippen molar-refractivity contribution in [2.24, 2.45) is 0 Å². The number of ether oxygens (including phenoxy) is 3. The van der Waals surface area contributed by atoms with Gasteiger partial charge in [0.2, 0.25) is 0 Å². The van der Waals surface area contributed by atoms with Crippen LogP contribution in [0.1, 0.15) is 78.8 Å². The number of fused-ring (bicyclic) bond motifs is 1. The number of anilines is 1. The molecule has 0 saturated carbocycles. The predicted octanol–water partition coefficient (Wildman–Crippen LogP) is 3.89. The molecule has 51 heavy (non-hydrogen) atoms. The van der Waals surface area contributed by atoms with Gasteiger partial charge >= 0.3 is 17.9 Å². The molecule has 14 nitrogen and oxygen atoms in total. The molecule has 4 heterocycles. The lowest BCUT2D eigenvalue weighted by atomic mass is 10.0. The third kappa shape index (κ3) is 8.71. The summed E-state index contributed by atoms with van der Waals surface area (Å²) < 4.78 is 15.8. The maximum absolute atomic E-state index is 12.9. The van der Waals surface area contributed by atoms with E-state index in [1.165, 1.54) is 35.7 Å². The van der Waals surface area contributed by atoms with Crippen molar-refractivity contribution in [3.63, 3.8) is 0 Å². The first-order valence-corrected chi connectivity index (χ1v) is 17.9. The summed E-state index contributed by atoms with van der Waals surface area (Å²) >= 11 is 1.28. The van der Waals surface area contributed by atoms with Gasteiger partial charge < -0.3 is 34.7 Å². The minimum Gasteiger partial charge on any atom is -0.462 e. The Morgan fingerprint density at radius 3 is 2.59 bits per heavy atom. The van der Waals surface area contributed by atoms with E-state index in [-0.39, 0.29) is 41.9 Å². The van der Waals surface area contributed by atoms with E-state index >= 15 is 0 Å². The second-order valence-electron chi connectivity index (χ2n) is 12.6. The Morgan fingerprint density at radius 2 is 1.86 bits per heavy atom. The van der Waals surface area contributed by atoms with Gasteiger partial charge in [0.25, 0.3) is 17.7 Å². The molecule has 0 aliphatic carbocycles. The number of aromatic amines is 1. The fraction of sp³-hybridized carbons (Fsp3) is 0.444. The lowest BCUT2D eigenvalue weighted by molar-refractivity contribution is -0.164. The molecule has 0 radical (unpaired) electrons. The molecule has 2 aromatic rings. The molecule has 15 heteroatoms. The van der Waals surface area contributed by atoms with E-state index in [4.69, 9.17) is 14.2 Å². The number of esters is 3. The average molecular weight is 722 g/mol. The molecule has 1 aromatic carbocycles. The molecule has 2 unspecified atom stereocenters. The Labute approximate surface area is 300 Å². The number of piperidine rings is 1. The van der Waals surface area contributed by atoms with Gasteiger partial charge in [0.1, 0.15) is 17.7 Å². The van der Waals surface area contributed by atoms with Crippen LogP contribution in [0.2, 0.25) is 0 Å². The number of thioether (sulfide) groups is 1. The van der Waals surface area contributed by atoms with Gasteiger partial charge in [-0.2, -0.15) is 0 Å². The van der Waals surface area contributed by atoms with E-state index in [2.05, 4.69) is 20.5 Å². The molecule has 3 N–H and O–H groups in total. The minimum absolute atomic E-state index is 0.104. The van der Waals surface area contributed by atoms with E-state index < -0.39 is 24.0 Å². The number of hydrogen-bond acceptors (Lipinski definition) is 11. The zero-order valence-electron chi connectivity index (χ0n) is 29.4. The summed E-state index contributed by atoms with van der Waals surface area (Å²) in [6.45, 7) is 8.81. The molecule has 272 valence electrons. The van der Waals surface area contributed by atoms with Gasteiger partial charge in [-0.15, -0.1) is 0 Å². The van der Waals surface area contributed by atoms with Gasteiger partial charge in [0.05, 0.1) is 28.7 Å². The van der Waals surface area contributed by atoms with Gasteiger partial charge in [-0.1, -0.05) is 25.1 Å². The molecular formula is C36H43N5O9S. The molecule has 2 fully saturated rings. The Hall–Kier alpha value is -4.89. The fourth-order valence-corrected chi connectivity index (χ4v) is 7.29. The zero-order chi connectivity index (χ0) is 36.8. The molecule has 0 spiro atoms. The number of likely N-dealkylation sites (N-methyl/N-ethyl adjacent to an activating group) is 1. The highest BCUT2D eigenvalue weighted by Gasteiger charge is 2.39. The van der Waals surface area contributed by atoms with Crippen LogP contribution in [-0.4, -0.2) is 95.2 Å². The molecule has 2 atom stereocenters. The van der Waals surface area contributed by atoms with Crippen molar-refractivity contribution in [1.82, 2.24) is 20.1 Å². The maximum atomic E-state index is 12.9. The number of aromatic nitrogens is 1. The number of rotatable bonds is 12. The van der Waals surface area contributed by atoms with Crippen LogP contribution < -0.4 is 15.4 Å². The molecule has 2 saturated heterocycles. The molecule has 0 bridgehead atoms. The highest BCUT2D eigenvalue weighted by Crippen LogP contribution is 2.38. The monoisotopic (exact) mass is 721 g/mol. The summed E-state index contributed by atoms with van der Waals surface area (Å²) in [7, 11) is 1.60. The third-order valence-corrected chi connectivity index (χ3v) is 10.1. The Bertz CT molecular complexity index is 1790. The van der Waals surface area contributed by atoms with Crippen LogP contribution in [0.25, 0.3) is 11.6 Å². The second-order valence-corrected chi connectivity index (χ2v) is 13.7. The van der Waals surface area contributed by atoms with Crippen LogP contribution in [0.4, 0.5) is 5.69 Å². The summed E-state index contributed by atoms with van der Waals surface area (Å²) in [5.41, 5.74) is 3.88. The van der Waals surface area contributed by atoms with Crippen molar-refractivity contribution >= 4 is 64.7 Å². The Kier molecular flexibility index (Phi) is 12.0. The van der Waals surface area contributed by atoms with Crippen LogP contribution in [0.5, 0.6) is 5.75 Å².